The van der Waals surface area contributed by atoms with Crippen LogP contribution in [0.3, 0.4) is 0 Å². The van der Waals surface area contributed by atoms with E-state index in [0.29, 0.717) is 0 Å². The van der Waals surface area contributed by atoms with Gasteiger partial charge >= 0.3 is 0 Å². The van der Waals surface area contributed by atoms with Gasteiger partial charge in [-0.25, -0.2) is 0 Å². The zero-order valence-corrected chi connectivity index (χ0v) is 11.7. The van der Waals surface area contributed by atoms with Crippen molar-refractivity contribution in [3.8, 4) is 0 Å². The number of hydrogen-bond acceptors (Lipinski definition) is 0. The van der Waals surface area contributed by atoms with Crippen LogP contribution >= 0.6 is 0 Å². The van der Waals surface area contributed by atoms with Crippen molar-refractivity contribution in [2.75, 3.05) is 0 Å². The maximum absolute atomic E-state index is 2.43. The zero-order chi connectivity index (χ0) is 11.7. The normalized spacial score (nSPS) is 17.4. The van der Waals surface area contributed by atoms with E-state index in [0.717, 1.165) is 17.8 Å². The van der Waals surface area contributed by atoms with Crippen LogP contribution in [-0.2, 0) is 0 Å². The summed E-state index contributed by atoms with van der Waals surface area (Å²) >= 11 is 0. The molecule has 0 spiro atoms. The third-order valence-electron chi connectivity index (χ3n) is 3.84. The third-order valence-corrected chi connectivity index (χ3v) is 3.84. The molecule has 0 saturated heterocycles. The summed E-state index contributed by atoms with van der Waals surface area (Å²) in [5.41, 5.74) is 0. The van der Waals surface area contributed by atoms with Crippen LogP contribution < -0.4 is 0 Å². The maximum atomic E-state index is 2.43. The van der Waals surface area contributed by atoms with Gasteiger partial charge in [0, 0.05) is 0 Å². The lowest BCUT2D eigenvalue weighted by Gasteiger charge is -2.16. The van der Waals surface area contributed by atoms with Gasteiger partial charge in [0.1, 0.15) is 0 Å². The summed E-state index contributed by atoms with van der Waals surface area (Å²) < 4.78 is 0. The highest BCUT2D eigenvalue weighted by atomic mass is 14.1. The Labute approximate surface area is 97.8 Å². The van der Waals surface area contributed by atoms with E-state index in [9.17, 15) is 0 Å². The van der Waals surface area contributed by atoms with E-state index in [4.69, 9.17) is 0 Å². The van der Waals surface area contributed by atoms with Gasteiger partial charge in [-0.3, -0.25) is 0 Å². The van der Waals surface area contributed by atoms with E-state index in [1.807, 2.05) is 0 Å². The number of rotatable bonds is 9. The molecule has 0 heteroatoms. The lowest BCUT2D eigenvalue weighted by atomic mass is 9.90. The summed E-state index contributed by atoms with van der Waals surface area (Å²) in [6.45, 7) is 11.8. The Kier molecular flexibility index (Phi) is 9.24. The van der Waals surface area contributed by atoms with Crippen LogP contribution in [0.5, 0.6) is 0 Å². The largest absolute Gasteiger partial charge is 0.0651 e. The van der Waals surface area contributed by atoms with Crippen LogP contribution in [0.1, 0.15) is 79.6 Å². The molecule has 0 bridgehead atoms. The predicted molar refractivity (Wildman–Crippen MR) is 71.2 cm³/mol. The van der Waals surface area contributed by atoms with Crippen molar-refractivity contribution >= 4 is 0 Å². The van der Waals surface area contributed by atoms with E-state index in [-0.39, 0.29) is 0 Å². The molecule has 15 heavy (non-hydrogen) atoms. The molecular weight excluding hydrogens is 180 g/mol. The zero-order valence-electron chi connectivity index (χ0n) is 11.7. The quantitative estimate of drug-likeness (QED) is 0.432. The number of unbranched alkanes of at least 4 members (excludes halogenated alkanes) is 1. The first-order valence-electron chi connectivity index (χ1n) is 7.10. The van der Waals surface area contributed by atoms with Gasteiger partial charge in [-0.15, -0.1) is 0 Å². The summed E-state index contributed by atoms with van der Waals surface area (Å²) in [7, 11) is 0. The van der Waals surface area contributed by atoms with Gasteiger partial charge in [-0.2, -0.15) is 0 Å². The average Bonchev–Trinajstić information content (AvgIpc) is 2.23. The first-order chi connectivity index (χ1) is 7.10. The minimum Gasteiger partial charge on any atom is -0.0651 e. The second-order valence-corrected chi connectivity index (χ2v) is 5.65. The second-order valence-electron chi connectivity index (χ2n) is 5.65. The van der Waals surface area contributed by atoms with Crippen LogP contribution in [0, 0.1) is 17.8 Å². The van der Waals surface area contributed by atoms with Gasteiger partial charge in [-0.1, -0.05) is 73.1 Å². The van der Waals surface area contributed by atoms with Crippen LogP contribution in [0.4, 0.5) is 0 Å². The van der Waals surface area contributed by atoms with Crippen molar-refractivity contribution in [3.05, 3.63) is 0 Å². The highest BCUT2D eigenvalue weighted by Crippen LogP contribution is 2.21. The molecule has 0 aromatic carbocycles. The third kappa shape index (κ3) is 8.96. The first-order valence-corrected chi connectivity index (χ1v) is 7.10. The SMILES string of the molecule is CCC(C)CCCCC(C)CC(C)CC. The molecule has 3 atom stereocenters. The minimum absolute atomic E-state index is 0.926. The van der Waals surface area contributed by atoms with Gasteiger partial charge < -0.3 is 0 Å². The molecule has 0 rings (SSSR count). The summed E-state index contributed by atoms with van der Waals surface area (Å²) in [6.07, 6.45) is 9.90. The Balaban J connectivity index is 3.34. The molecule has 0 aromatic rings. The van der Waals surface area contributed by atoms with Crippen LogP contribution in [-0.4, -0.2) is 0 Å². The Morgan fingerprint density at radius 3 is 1.60 bits per heavy atom. The molecule has 0 heterocycles. The molecule has 3 unspecified atom stereocenters. The molecule has 0 N–H and O–H groups in total. The molecule has 0 fully saturated rings. The van der Waals surface area contributed by atoms with Crippen molar-refractivity contribution in [2.45, 2.75) is 79.6 Å². The minimum atomic E-state index is 0.926. The molecule has 0 aromatic heterocycles. The van der Waals surface area contributed by atoms with Crippen molar-refractivity contribution in [2.24, 2.45) is 17.8 Å². The molecule has 0 aliphatic carbocycles. The Morgan fingerprint density at radius 2 is 1.13 bits per heavy atom. The number of hydrogen-bond donors (Lipinski definition) is 0. The van der Waals surface area contributed by atoms with Gasteiger partial charge in [0.2, 0.25) is 0 Å². The monoisotopic (exact) mass is 212 g/mol. The standard InChI is InChI=1S/C15H32/c1-6-13(3)10-8-9-11-15(5)12-14(4)7-2/h13-15H,6-12H2,1-5H3. The highest BCUT2D eigenvalue weighted by molar-refractivity contribution is 4.59. The lowest BCUT2D eigenvalue weighted by Crippen LogP contribution is -2.02. The maximum Gasteiger partial charge on any atom is -0.0440 e. The van der Waals surface area contributed by atoms with E-state index < -0.39 is 0 Å². The molecular formula is C15H32. The summed E-state index contributed by atoms with van der Waals surface area (Å²) in [5.74, 6) is 2.81. The lowest BCUT2D eigenvalue weighted by molar-refractivity contribution is 0.367. The fourth-order valence-corrected chi connectivity index (χ4v) is 2.16. The average molecular weight is 212 g/mol. The Hall–Kier alpha value is 0. The van der Waals surface area contributed by atoms with Crippen molar-refractivity contribution < 1.29 is 0 Å². The predicted octanol–water partition coefficient (Wildman–Crippen LogP) is 5.67. The van der Waals surface area contributed by atoms with Crippen molar-refractivity contribution in [3.63, 3.8) is 0 Å². The Bertz CT molecular complexity index is 128. The van der Waals surface area contributed by atoms with E-state index >= 15 is 0 Å². The smallest absolute Gasteiger partial charge is 0.0440 e. The van der Waals surface area contributed by atoms with E-state index in [1.165, 1.54) is 44.9 Å². The van der Waals surface area contributed by atoms with E-state index in [2.05, 4.69) is 34.6 Å². The van der Waals surface area contributed by atoms with Crippen molar-refractivity contribution in [1.29, 1.82) is 0 Å². The summed E-state index contributed by atoms with van der Waals surface area (Å²) in [4.78, 5) is 0. The molecule has 0 amide bonds. The topological polar surface area (TPSA) is 0 Å². The Morgan fingerprint density at radius 1 is 0.667 bits per heavy atom. The van der Waals surface area contributed by atoms with Gasteiger partial charge in [0.25, 0.3) is 0 Å². The molecule has 0 radical (unpaired) electrons. The second kappa shape index (κ2) is 9.24. The fraction of sp³-hybridized carbons (Fsp3) is 1.00. The molecule has 0 nitrogen and oxygen atoms in total. The van der Waals surface area contributed by atoms with Crippen molar-refractivity contribution in [1.82, 2.24) is 0 Å². The van der Waals surface area contributed by atoms with Crippen LogP contribution in [0.2, 0.25) is 0 Å². The molecule has 0 aliphatic rings. The molecule has 92 valence electrons. The summed E-state index contributed by atoms with van der Waals surface area (Å²) in [5, 5.41) is 0. The van der Waals surface area contributed by atoms with Crippen LogP contribution in [0.15, 0.2) is 0 Å². The first kappa shape index (κ1) is 15.0. The van der Waals surface area contributed by atoms with Gasteiger partial charge in [0.05, 0.1) is 0 Å². The molecule has 0 aliphatic heterocycles. The summed E-state index contributed by atoms with van der Waals surface area (Å²) in [6, 6.07) is 0. The van der Waals surface area contributed by atoms with Gasteiger partial charge in [-0.05, 0) is 24.2 Å². The van der Waals surface area contributed by atoms with E-state index in [1.54, 1.807) is 0 Å². The van der Waals surface area contributed by atoms with Gasteiger partial charge in [0.15, 0.2) is 0 Å². The highest BCUT2D eigenvalue weighted by Gasteiger charge is 2.07. The molecule has 0 saturated carbocycles. The fourth-order valence-electron chi connectivity index (χ4n) is 2.16. The van der Waals surface area contributed by atoms with Crippen LogP contribution in [0.25, 0.3) is 0 Å².